The van der Waals surface area contributed by atoms with Gasteiger partial charge in [0.05, 0.1) is 0 Å². The molecule has 0 bridgehead atoms. The van der Waals surface area contributed by atoms with Crippen molar-refractivity contribution in [1.29, 1.82) is 0 Å². The van der Waals surface area contributed by atoms with Gasteiger partial charge in [-0.15, -0.1) is 11.3 Å². The lowest BCUT2D eigenvalue weighted by Gasteiger charge is -2.32. The fourth-order valence-electron chi connectivity index (χ4n) is 2.73. The number of nitrogens with zero attached hydrogens (tertiary/aromatic N) is 2. The second-order valence-electron chi connectivity index (χ2n) is 5.00. The second-order valence-corrected chi connectivity index (χ2v) is 5.94. The minimum atomic E-state index is -0.684. The molecule has 5 heteroatoms. The Morgan fingerprint density at radius 1 is 1.42 bits per heavy atom. The third-order valence-corrected chi connectivity index (χ3v) is 4.62. The van der Waals surface area contributed by atoms with Gasteiger partial charge in [0.2, 0.25) is 0 Å². The summed E-state index contributed by atoms with van der Waals surface area (Å²) >= 11 is 1.73. The number of thiophene rings is 1. The van der Waals surface area contributed by atoms with Crippen LogP contribution in [0.5, 0.6) is 0 Å². The summed E-state index contributed by atoms with van der Waals surface area (Å²) in [6, 6.07) is 4.16. The molecule has 4 nitrogen and oxygen atoms in total. The molecule has 1 N–H and O–H groups in total. The predicted molar refractivity (Wildman–Crippen MR) is 76.8 cm³/mol. The van der Waals surface area contributed by atoms with Crippen molar-refractivity contribution >= 4 is 33.2 Å². The molecule has 1 fully saturated rings. The highest BCUT2D eigenvalue weighted by Gasteiger charge is 2.23. The van der Waals surface area contributed by atoms with E-state index in [9.17, 15) is 4.79 Å². The third-order valence-electron chi connectivity index (χ3n) is 3.74. The number of carboxylic acid groups (broad SMARTS) is 1. The molecule has 0 saturated carbocycles. The summed E-state index contributed by atoms with van der Waals surface area (Å²) in [6.07, 6.45) is 4.03. The number of aliphatic carboxylic acids is 1. The van der Waals surface area contributed by atoms with E-state index in [2.05, 4.69) is 21.3 Å². The SMILES string of the molecule is O=C(O)CC1CCN(c2nccc3sccc23)CC1. The number of pyridine rings is 1. The standard InChI is InChI=1S/C14H16N2O2S/c17-13(18)9-10-2-6-16(7-3-10)14-11-4-8-19-12(11)1-5-15-14/h1,4-5,8,10H,2-3,6-7,9H2,(H,17,18). The number of hydrogen-bond donors (Lipinski definition) is 1. The molecule has 3 rings (SSSR count). The first-order chi connectivity index (χ1) is 9.24. The molecule has 100 valence electrons. The van der Waals surface area contributed by atoms with Crippen LogP contribution >= 0.6 is 11.3 Å². The van der Waals surface area contributed by atoms with Gasteiger partial charge in [0.15, 0.2) is 0 Å². The molecule has 0 aromatic carbocycles. The van der Waals surface area contributed by atoms with E-state index in [1.54, 1.807) is 11.3 Å². The molecule has 3 heterocycles. The van der Waals surface area contributed by atoms with Gasteiger partial charge < -0.3 is 10.0 Å². The van der Waals surface area contributed by atoms with E-state index in [1.165, 1.54) is 10.1 Å². The molecule has 0 spiro atoms. The Hall–Kier alpha value is -1.62. The Kier molecular flexibility index (Phi) is 3.38. The molecule has 2 aromatic rings. The lowest BCUT2D eigenvalue weighted by atomic mass is 9.93. The van der Waals surface area contributed by atoms with Gasteiger partial charge in [0, 0.05) is 35.8 Å². The summed E-state index contributed by atoms with van der Waals surface area (Å²) in [6.45, 7) is 1.81. The molecule has 19 heavy (non-hydrogen) atoms. The van der Waals surface area contributed by atoms with Gasteiger partial charge >= 0.3 is 5.97 Å². The van der Waals surface area contributed by atoms with Crippen LogP contribution in [0.2, 0.25) is 0 Å². The van der Waals surface area contributed by atoms with E-state index < -0.39 is 5.97 Å². The van der Waals surface area contributed by atoms with E-state index in [1.807, 2.05) is 12.3 Å². The van der Waals surface area contributed by atoms with Crippen molar-refractivity contribution in [3.8, 4) is 0 Å². The van der Waals surface area contributed by atoms with Crippen LogP contribution in [-0.4, -0.2) is 29.1 Å². The number of carbonyl (C=O) groups is 1. The minimum absolute atomic E-state index is 0.296. The molecule has 0 amide bonds. The van der Waals surface area contributed by atoms with E-state index in [0.29, 0.717) is 12.3 Å². The highest BCUT2D eigenvalue weighted by atomic mass is 32.1. The quantitative estimate of drug-likeness (QED) is 0.936. The number of aromatic nitrogens is 1. The van der Waals surface area contributed by atoms with Gasteiger partial charge in [0.1, 0.15) is 5.82 Å². The van der Waals surface area contributed by atoms with Crippen LogP contribution in [0.4, 0.5) is 5.82 Å². The Morgan fingerprint density at radius 3 is 2.95 bits per heavy atom. The van der Waals surface area contributed by atoms with Crippen LogP contribution in [0.25, 0.3) is 10.1 Å². The summed E-state index contributed by atoms with van der Waals surface area (Å²) in [5.74, 6) is 0.680. The van der Waals surface area contributed by atoms with Crippen molar-refractivity contribution in [3.63, 3.8) is 0 Å². The summed E-state index contributed by atoms with van der Waals surface area (Å²) in [4.78, 5) is 17.5. The number of carboxylic acids is 1. The molecule has 1 aliphatic rings. The largest absolute Gasteiger partial charge is 0.481 e. The van der Waals surface area contributed by atoms with Crippen molar-refractivity contribution in [2.75, 3.05) is 18.0 Å². The van der Waals surface area contributed by atoms with Crippen molar-refractivity contribution in [2.24, 2.45) is 5.92 Å². The van der Waals surface area contributed by atoms with Gasteiger partial charge in [-0.3, -0.25) is 4.79 Å². The smallest absolute Gasteiger partial charge is 0.303 e. The number of fused-ring (bicyclic) bond motifs is 1. The molecule has 1 aliphatic heterocycles. The lowest BCUT2D eigenvalue weighted by Crippen LogP contribution is -2.34. The second kappa shape index (κ2) is 5.17. The normalized spacial score (nSPS) is 16.9. The van der Waals surface area contributed by atoms with Gasteiger partial charge in [0.25, 0.3) is 0 Å². The van der Waals surface area contributed by atoms with E-state index in [-0.39, 0.29) is 0 Å². The Labute approximate surface area is 115 Å². The van der Waals surface area contributed by atoms with Crippen LogP contribution in [0, 0.1) is 5.92 Å². The Balaban J connectivity index is 1.75. The van der Waals surface area contributed by atoms with Gasteiger partial charge in [-0.05, 0) is 36.3 Å². The first-order valence-corrected chi connectivity index (χ1v) is 7.41. The maximum atomic E-state index is 10.7. The maximum Gasteiger partial charge on any atom is 0.303 e. The van der Waals surface area contributed by atoms with Crippen LogP contribution in [0.3, 0.4) is 0 Å². The molecular formula is C14H16N2O2S. The molecule has 0 radical (unpaired) electrons. The summed E-state index contributed by atoms with van der Waals surface area (Å²) in [7, 11) is 0. The highest BCUT2D eigenvalue weighted by molar-refractivity contribution is 7.17. The van der Waals surface area contributed by atoms with Crippen molar-refractivity contribution in [2.45, 2.75) is 19.3 Å². The Bertz CT molecular complexity index is 588. The van der Waals surface area contributed by atoms with Gasteiger partial charge in [-0.25, -0.2) is 4.98 Å². The van der Waals surface area contributed by atoms with Crippen LogP contribution in [0.15, 0.2) is 23.7 Å². The van der Waals surface area contributed by atoms with Crippen molar-refractivity contribution < 1.29 is 9.90 Å². The van der Waals surface area contributed by atoms with Crippen molar-refractivity contribution in [1.82, 2.24) is 4.98 Å². The van der Waals surface area contributed by atoms with E-state index >= 15 is 0 Å². The monoisotopic (exact) mass is 276 g/mol. The topological polar surface area (TPSA) is 53.4 Å². The Morgan fingerprint density at radius 2 is 2.21 bits per heavy atom. The fraction of sp³-hybridized carbons (Fsp3) is 0.429. The maximum absolute atomic E-state index is 10.7. The van der Waals surface area contributed by atoms with Crippen molar-refractivity contribution in [3.05, 3.63) is 23.7 Å². The number of piperidine rings is 1. The van der Waals surface area contributed by atoms with Crippen LogP contribution < -0.4 is 4.90 Å². The first kappa shape index (κ1) is 12.4. The average Bonchev–Trinajstić information content (AvgIpc) is 2.87. The average molecular weight is 276 g/mol. The number of hydrogen-bond acceptors (Lipinski definition) is 4. The zero-order chi connectivity index (χ0) is 13.2. The summed E-state index contributed by atoms with van der Waals surface area (Å²) in [5, 5.41) is 12.1. The molecule has 0 aliphatic carbocycles. The molecule has 2 aromatic heterocycles. The number of rotatable bonds is 3. The van der Waals surface area contributed by atoms with E-state index in [4.69, 9.17) is 5.11 Å². The van der Waals surface area contributed by atoms with Crippen LogP contribution in [0.1, 0.15) is 19.3 Å². The summed E-state index contributed by atoms with van der Waals surface area (Å²) < 4.78 is 1.26. The van der Waals surface area contributed by atoms with Gasteiger partial charge in [-0.1, -0.05) is 0 Å². The van der Waals surface area contributed by atoms with Gasteiger partial charge in [-0.2, -0.15) is 0 Å². The zero-order valence-electron chi connectivity index (χ0n) is 10.6. The summed E-state index contributed by atoms with van der Waals surface area (Å²) in [5.41, 5.74) is 0. The molecule has 1 saturated heterocycles. The molecule has 0 unspecified atom stereocenters. The minimum Gasteiger partial charge on any atom is -0.481 e. The first-order valence-electron chi connectivity index (χ1n) is 6.53. The third kappa shape index (κ3) is 2.56. The molecular weight excluding hydrogens is 260 g/mol. The zero-order valence-corrected chi connectivity index (χ0v) is 11.4. The van der Waals surface area contributed by atoms with Crippen LogP contribution in [-0.2, 0) is 4.79 Å². The fourth-order valence-corrected chi connectivity index (χ4v) is 3.50. The number of anilines is 1. The predicted octanol–water partition coefficient (Wildman–Crippen LogP) is 2.99. The van der Waals surface area contributed by atoms with E-state index in [0.717, 1.165) is 31.7 Å². The highest BCUT2D eigenvalue weighted by Crippen LogP contribution is 2.31. The lowest BCUT2D eigenvalue weighted by molar-refractivity contribution is -0.138. The molecule has 0 atom stereocenters.